The van der Waals surface area contributed by atoms with Crippen LogP contribution in [0, 0.1) is 6.92 Å². The topological polar surface area (TPSA) is 26.0 Å². The first-order valence-corrected chi connectivity index (χ1v) is 5.96. The van der Waals surface area contributed by atoms with Crippen molar-refractivity contribution in [3.05, 3.63) is 33.8 Å². The molecule has 0 bridgehead atoms. The largest absolute Gasteiger partial charge is 0.324 e. The maximum Gasteiger partial charge on any atom is 0.0295 e. The van der Waals surface area contributed by atoms with Crippen LogP contribution < -0.4 is 5.73 Å². The zero-order chi connectivity index (χ0) is 10.6. The Hall–Kier alpha value is -0.340. The number of halogens is 1. The molecule has 78 valence electrons. The molecule has 0 aromatic heterocycles. The number of hydrogen-bond acceptors (Lipinski definition) is 1. The molecule has 2 N–H and O–H groups in total. The van der Waals surface area contributed by atoms with Crippen molar-refractivity contribution in [2.24, 2.45) is 5.73 Å². The lowest BCUT2D eigenvalue weighted by atomic mass is 10.0. The highest BCUT2D eigenvalue weighted by Crippen LogP contribution is 2.23. The van der Waals surface area contributed by atoms with Gasteiger partial charge in [0.25, 0.3) is 0 Å². The standard InChI is InChI=1S/C12H18BrN/c1-3-4-5-12(14)10-7-6-9(2)11(13)8-10/h6-8,12H,3-5,14H2,1-2H3. The van der Waals surface area contributed by atoms with E-state index in [2.05, 4.69) is 48.0 Å². The Kier molecular flexibility index (Phi) is 4.63. The van der Waals surface area contributed by atoms with Gasteiger partial charge in [-0.3, -0.25) is 0 Å². The zero-order valence-corrected chi connectivity index (χ0v) is 10.5. The van der Waals surface area contributed by atoms with E-state index in [1.54, 1.807) is 0 Å². The van der Waals surface area contributed by atoms with Crippen LogP contribution in [0.1, 0.15) is 43.4 Å². The molecule has 1 nitrogen and oxygen atoms in total. The van der Waals surface area contributed by atoms with Crippen LogP contribution in [0.2, 0.25) is 0 Å². The van der Waals surface area contributed by atoms with Crippen LogP contribution in [0.25, 0.3) is 0 Å². The van der Waals surface area contributed by atoms with Gasteiger partial charge in [0.1, 0.15) is 0 Å². The highest BCUT2D eigenvalue weighted by Gasteiger charge is 2.06. The third-order valence-electron chi connectivity index (χ3n) is 2.49. The number of nitrogens with two attached hydrogens (primary N) is 1. The fraction of sp³-hybridized carbons (Fsp3) is 0.500. The Morgan fingerprint density at radius 1 is 1.43 bits per heavy atom. The van der Waals surface area contributed by atoms with E-state index in [0.717, 1.165) is 10.9 Å². The summed E-state index contributed by atoms with van der Waals surface area (Å²) < 4.78 is 1.15. The van der Waals surface area contributed by atoms with E-state index in [9.17, 15) is 0 Å². The second kappa shape index (κ2) is 5.52. The van der Waals surface area contributed by atoms with Crippen LogP contribution in [-0.4, -0.2) is 0 Å². The van der Waals surface area contributed by atoms with Gasteiger partial charge in [-0.1, -0.05) is 47.8 Å². The second-order valence-corrected chi connectivity index (χ2v) is 4.61. The SMILES string of the molecule is CCCCC(N)c1ccc(C)c(Br)c1. The lowest BCUT2D eigenvalue weighted by molar-refractivity contribution is 0.603. The predicted molar refractivity (Wildman–Crippen MR) is 65.3 cm³/mol. The van der Waals surface area contributed by atoms with Crippen molar-refractivity contribution < 1.29 is 0 Å². The molecule has 1 atom stereocenters. The first kappa shape index (κ1) is 11.7. The van der Waals surface area contributed by atoms with Crippen LogP contribution in [0.4, 0.5) is 0 Å². The molecule has 1 aromatic rings. The lowest BCUT2D eigenvalue weighted by Crippen LogP contribution is -2.09. The van der Waals surface area contributed by atoms with Gasteiger partial charge in [0.15, 0.2) is 0 Å². The van der Waals surface area contributed by atoms with Gasteiger partial charge in [-0.15, -0.1) is 0 Å². The van der Waals surface area contributed by atoms with E-state index >= 15 is 0 Å². The van der Waals surface area contributed by atoms with Crippen molar-refractivity contribution in [1.82, 2.24) is 0 Å². The predicted octanol–water partition coefficient (Wildman–Crippen LogP) is 3.95. The molecule has 0 saturated heterocycles. The highest BCUT2D eigenvalue weighted by atomic mass is 79.9. The van der Waals surface area contributed by atoms with Crippen molar-refractivity contribution in [2.75, 3.05) is 0 Å². The maximum atomic E-state index is 6.08. The van der Waals surface area contributed by atoms with Crippen molar-refractivity contribution in [2.45, 2.75) is 39.2 Å². The molecule has 0 aliphatic heterocycles. The number of unbranched alkanes of at least 4 members (excludes halogenated alkanes) is 1. The number of hydrogen-bond donors (Lipinski definition) is 1. The summed E-state index contributed by atoms with van der Waals surface area (Å²) in [4.78, 5) is 0. The Bertz CT molecular complexity index is 296. The average molecular weight is 256 g/mol. The van der Waals surface area contributed by atoms with Crippen molar-refractivity contribution in [3.63, 3.8) is 0 Å². The van der Waals surface area contributed by atoms with Gasteiger partial charge in [-0.25, -0.2) is 0 Å². The molecule has 0 radical (unpaired) electrons. The molecule has 2 heteroatoms. The minimum atomic E-state index is 0.187. The monoisotopic (exact) mass is 255 g/mol. The van der Waals surface area contributed by atoms with E-state index in [1.165, 1.54) is 24.0 Å². The Balaban J connectivity index is 2.70. The normalized spacial score (nSPS) is 12.9. The Labute approximate surface area is 94.8 Å². The van der Waals surface area contributed by atoms with Crippen molar-refractivity contribution in [3.8, 4) is 0 Å². The van der Waals surface area contributed by atoms with E-state index in [-0.39, 0.29) is 6.04 Å². The molecule has 1 unspecified atom stereocenters. The summed E-state index contributed by atoms with van der Waals surface area (Å²) in [6, 6.07) is 6.56. The molecule has 0 spiro atoms. The maximum absolute atomic E-state index is 6.08. The summed E-state index contributed by atoms with van der Waals surface area (Å²) in [5.74, 6) is 0. The van der Waals surface area contributed by atoms with E-state index in [4.69, 9.17) is 5.73 Å². The summed E-state index contributed by atoms with van der Waals surface area (Å²) >= 11 is 3.53. The Morgan fingerprint density at radius 3 is 2.71 bits per heavy atom. The number of rotatable bonds is 4. The highest BCUT2D eigenvalue weighted by molar-refractivity contribution is 9.10. The molecule has 0 amide bonds. The fourth-order valence-electron chi connectivity index (χ4n) is 1.43. The van der Waals surface area contributed by atoms with Crippen LogP contribution in [0.5, 0.6) is 0 Å². The molecular formula is C12H18BrN. The first-order valence-electron chi connectivity index (χ1n) is 5.16. The van der Waals surface area contributed by atoms with Gasteiger partial charge in [0.05, 0.1) is 0 Å². The summed E-state index contributed by atoms with van der Waals surface area (Å²) in [5, 5.41) is 0. The van der Waals surface area contributed by atoms with Gasteiger partial charge in [0.2, 0.25) is 0 Å². The summed E-state index contributed by atoms with van der Waals surface area (Å²) in [6.07, 6.45) is 3.49. The van der Waals surface area contributed by atoms with Crippen LogP contribution in [-0.2, 0) is 0 Å². The van der Waals surface area contributed by atoms with Crippen LogP contribution in [0.15, 0.2) is 22.7 Å². The van der Waals surface area contributed by atoms with E-state index in [1.807, 2.05) is 0 Å². The van der Waals surface area contributed by atoms with E-state index in [0.29, 0.717) is 0 Å². The molecule has 0 heterocycles. The molecule has 0 saturated carbocycles. The average Bonchev–Trinajstić information content (AvgIpc) is 2.18. The Morgan fingerprint density at radius 2 is 2.14 bits per heavy atom. The molecule has 0 aliphatic carbocycles. The molecule has 0 fully saturated rings. The van der Waals surface area contributed by atoms with Gasteiger partial charge < -0.3 is 5.73 Å². The fourth-order valence-corrected chi connectivity index (χ4v) is 1.83. The smallest absolute Gasteiger partial charge is 0.0295 e. The molecule has 14 heavy (non-hydrogen) atoms. The number of benzene rings is 1. The van der Waals surface area contributed by atoms with Crippen molar-refractivity contribution >= 4 is 15.9 Å². The minimum Gasteiger partial charge on any atom is -0.324 e. The summed E-state index contributed by atoms with van der Waals surface area (Å²) in [7, 11) is 0. The van der Waals surface area contributed by atoms with E-state index < -0.39 is 0 Å². The third-order valence-corrected chi connectivity index (χ3v) is 3.35. The summed E-state index contributed by atoms with van der Waals surface area (Å²) in [5.41, 5.74) is 8.57. The van der Waals surface area contributed by atoms with Gasteiger partial charge in [-0.05, 0) is 30.5 Å². The third kappa shape index (κ3) is 3.10. The summed E-state index contributed by atoms with van der Waals surface area (Å²) in [6.45, 7) is 4.28. The van der Waals surface area contributed by atoms with Gasteiger partial charge in [0, 0.05) is 10.5 Å². The molecule has 1 aromatic carbocycles. The quantitative estimate of drug-likeness (QED) is 0.867. The van der Waals surface area contributed by atoms with Gasteiger partial charge in [-0.2, -0.15) is 0 Å². The first-order chi connectivity index (χ1) is 6.65. The number of aryl methyl sites for hydroxylation is 1. The van der Waals surface area contributed by atoms with Crippen LogP contribution in [0.3, 0.4) is 0 Å². The second-order valence-electron chi connectivity index (χ2n) is 3.76. The minimum absolute atomic E-state index is 0.187. The molecule has 0 aliphatic rings. The lowest BCUT2D eigenvalue weighted by Gasteiger charge is -2.12. The van der Waals surface area contributed by atoms with Crippen LogP contribution >= 0.6 is 15.9 Å². The van der Waals surface area contributed by atoms with Crippen molar-refractivity contribution in [1.29, 1.82) is 0 Å². The molecule has 1 rings (SSSR count). The van der Waals surface area contributed by atoms with Gasteiger partial charge >= 0.3 is 0 Å². The molecular weight excluding hydrogens is 238 g/mol. The zero-order valence-electron chi connectivity index (χ0n) is 8.89.